The third-order valence-electron chi connectivity index (χ3n) is 2.64. The lowest BCUT2D eigenvalue weighted by Gasteiger charge is -2.06. The van der Waals surface area contributed by atoms with Gasteiger partial charge < -0.3 is 19.7 Å². The van der Waals surface area contributed by atoms with E-state index in [9.17, 15) is 0 Å². The summed E-state index contributed by atoms with van der Waals surface area (Å²) >= 11 is 0. The normalized spacial score (nSPS) is 21.9. The van der Waals surface area contributed by atoms with E-state index in [1.165, 1.54) is 0 Å². The third-order valence-corrected chi connectivity index (χ3v) is 2.64. The fourth-order valence-corrected chi connectivity index (χ4v) is 1.73. The SMILES string of the molecule is CCCOCC(N)c1noc(C2CCCO2)n1. The molecule has 17 heavy (non-hydrogen) atoms. The molecule has 0 spiro atoms. The van der Waals surface area contributed by atoms with Crippen molar-refractivity contribution in [1.29, 1.82) is 0 Å². The second-order valence-corrected chi connectivity index (χ2v) is 4.17. The number of ether oxygens (including phenoxy) is 2. The van der Waals surface area contributed by atoms with Gasteiger partial charge in [-0.3, -0.25) is 0 Å². The Kier molecular flexibility index (Phi) is 4.47. The Morgan fingerprint density at radius 3 is 3.18 bits per heavy atom. The smallest absolute Gasteiger partial charge is 0.255 e. The molecule has 96 valence electrons. The molecule has 2 atom stereocenters. The molecule has 1 saturated heterocycles. The number of nitrogens with two attached hydrogens (primary N) is 1. The minimum Gasteiger partial charge on any atom is -0.379 e. The monoisotopic (exact) mass is 241 g/mol. The Hall–Kier alpha value is -0.980. The van der Waals surface area contributed by atoms with Crippen molar-refractivity contribution in [2.45, 2.75) is 38.3 Å². The zero-order valence-electron chi connectivity index (χ0n) is 10.1. The molecule has 0 saturated carbocycles. The van der Waals surface area contributed by atoms with Crippen molar-refractivity contribution in [3.63, 3.8) is 0 Å². The van der Waals surface area contributed by atoms with Crippen LogP contribution < -0.4 is 5.73 Å². The molecule has 0 bridgehead atoms. The van der Waals surface area contributed by atoms with Crippen molar-refractivity contribution in [3.8, 4) is 0 Å². The first-order valence-corrected chi connectivity index (χ1v) is 6.09. The molecule has 2 unspecified atom stereocenters. The molecule has 0 aromatic carbocycles. The zero-order valence-corrected chi connectivity index (χ0v) is 10.1. The molecule has 0 amide bonds. The summed E-state index contributed by atoms with van der Waals surface area (Å²) in [5.41, 5.74) is 5.90. The number of hydrogen-bond donors (Lipinski definition) is 1. The van der Waals surface area contributed by atoms with Crippen molar-refractivity contribution in [1.82, 2.24) is 10.1 Å². The van der Waals surface area contributed by atoms with Gasteiger partial charge in [0.15, 0.2) is 5.82 Å². The van der Waals surface area contributed by atoms with Gasteiger partial charge in [0, 0.05) is 13.2 Å². The first-order chi connectivity index (χ1) is 8.31. The van der Waals surface area contributed by atoms with Crippen LogP contribution in [0, 0.1) is 0 Å². The van der Waals surface area contributed by atoms with Gasteiger partial charge in [0.2, 0.25) is 0 Å². The van der Waals surface area contributed by atoms with E-state index in [1.54, 1.807) is 0 Å². The Bertz CT molecular complexity index is 336. The summed E-state index contributed by atoms with van der Waals surface area (Å²) in [5.74, 6) is 1.02. The van der Waals surface area contributed by atoms with Crippen molar-refractivity contribution in [2.75, 3.05) is 19.8 Å². The van der Waals surface area contributed by atoms with E-state index in [-0.39, 0.29) is 12.1 Å². The lowest BCUT2D eigenvalue weighted by molar-refractivity contribution is 0.0835. The summed E-state index contributed by atoms with van der Waals surface area (Å²) in [6.45, 7) is 3.92. The van der Waals surface area contributed by atoms with Crippen LogP contribution in [0.15, 0.2) is 4.52 Å². The molecular formula is C11H19N3O3. The zero-order chi connectivity index (χ0) is 12.1. The lowest BCUT2D eigenvalue weighted by Crippen LogP contribution is -2.19. The molecule has 1 aromatic heterocycles. The molecule has 1 aromatic rings. The Morgan fingerprint density at radius 1 is 1.59 bits per heavy atom. The van der Waals surface area contributed by atoms with Gasteiger partial charge >= 0.3 is 0 Å². The topological polar surface area (TPSA) is 83.4 Å². The Labute approximate surface area is 100 Å². The van der Waals surface area contributed by atoms with Crippen molar-refractivity contribution < 1.29 is 14.0 Å². The van der Waals surface area contributed by atoms with Gasteiger partial charge in [-0.05, 0) is 19.3 Å². The summed E-state index contributed by atoms with van der Waals surface area (Å²) < 4.78 is 16.0. The molecular weight excluding hydrogens is 222 g/mol. The molecule has 1 aliphatic heterocycles. The maximum absolute atomic E-state index is 5.90. The second-order valence-electron chi connectivity index (χ2n) is 4.17. The minimum absolute atomic E-state index is 0.0555. The van der Waals surface area contributed by atoms with Crippen LogP contribution in [-0.2, 0) is 9.47 Å². The van der Waals surface area contributed by atoms with E-state index < -0.39 is 0 Å². The van der Waals surface area contributed by atoms with Gasteiger partial charge in [-0.1, -0.05) is 12.1 Å². The molecule has 0 radical (unpaired) electrons. The standard InChI is InChI=1S/C11H19N3O3/c1-2-5-15-7-8(12)10-13-11(17-14-10)9-4-3-6-16-9/h8-9H,2-7,12H2,1H3. The molecule has 6 heteroatoms. The summed E-state index contributed by atoms with van der Waals surface area (Å²) in [7, 11) is 0. The summed E-state index contributed by atoms with van der Waals surface area (Å²) in [6.07, 6.45) is 2.89. The van der Waals surface area contributed by atoms with Gasteiger partial charge in [0.25, 0.3) is 5.89 Å². The first kappa shape index (κ1) is 12.5. The second kappa shape index (κ2) is 6.09. The largest absolute Gasteiger partial charge is 0.379 e. The van der Waals surface area contributed by atoms with Crippen molar-refractivity contribution in [3.05, 3.63) is 11.7 Å². The van der Waals surface area contributed by atoms with E-state index in [4.69, 9.17) is 19.7 Å². The van der Waals surface area contributed by atoms with Crippen LogP contribution >= 0.6 is 0 Å². The van der Waals surface area contributed by atoms with E-state index in [1.807, 2.05) is 0 Å². The van der Waals surface area contributed by atoms with Crippen LogP contribution in [0.3, 0.4) is 0 Å². The highest BCUT2D eigenvalue weighted by Crippen LogP contribution is 2.27. The third kappa shape index (κ3) is 3.24. The van der Waals surface area contributed by atoms with E-state index in [0.29, 0.717) is 24.9 Å². The maximum Gasteiger partial charge on any atom is 0.255 e. The Balaban J connectivity index is 1.88. The van der Waals surface area contributed by atoms with Crippen LogP contribution in [0.4, 0.5) is 0 Å². The fourth-order valence-electron chi connectivity index (χ4n) is 1.73. The lowest BCUT2D eigenvalue weighted by atomic mass is 10.2. The Morgan fingerprint density at radius 2 is 2.47 bits per heavy atom. The van der Waals surface area contributed by atoms with Crippen LogP contribution in [0.5, 0.6) is 0 Å². The van der Waals surface area contributed by atoms with Crippen LogP contribution in [0.1, 0.15) is 50.0 Å². The summed E-state index contributed by atoms with van der Waals surface area (Å²) in [5, 5.41) is 3.87. The average Bonchev–Trinajstić information content (AvgIpc) is 3.00. The molecule has 1 aliphatic rings. The quantitative estimate of drug-likeness (QED) is 0.757. The molecule has 2 rings (SSSR count). The molecule has 1 fully saturated rings. The summed E-state index contributed by atoms with van der Waals surface area (Å²) in [6, 6.07) is -0.333. The van der Waals surface area contributed by atoms with Crippen LogP contribution in [0.25, 0.3) is 0 Å². The van der Waals surface area contributed by atoms with E-state index in [2.05, 4.69) is 17.1 Å². The number of nitrogens with zero attached hydrogens (tertiary/aromatic N) is 2. The van der Waals surface area contributed by atoms with Gasteiger partial charge in [-0.2, -0.15) is 4.98 Å². The molecule has 2 heterocycles. The number of hydrogen-bond acceptors (Lipinski definition) is 6. The number of rotatable bonds is 6. The number of aromatic nitrogens is 2. The predicted molar refractivity (Wildman–Crippen MR) is 60.3 cm³/mol. The molecule has 0 aliphatic carbocycles. The van der Waals surface area contributed by atoms with Crippen molar-refractivity contribution >= 4 is 0 Å². The first-order valence-electron chi connectivity index (χ1n) is 6.09. The molecule has 2 N–H and O–H groups in total. The predicted octanol–water partition coefficient (Wildman–Crippen LogP) is 1.35. The summed E-state index contributed by atoms with van der Waals surface area (Å²) in [4.78, 5) is 4.26. The average molecular weight is 241 g/mol. The van der Waals surface area contributed by atoms with Gasteiger partial charge in [0.05, 0.1) is 12.6 Å². The van der Waals surface area contributed by atoms with E-state index in [0.717, 1.165) is 25.9 Å². The maximum atomic E-state index is 5.90. The highest BCUT2D eigenvalue weighted by Gasteiger charge is 2.25. The van der Waals surface area contributed by atoms with E-state index >= 15 is 0 Å². The van der Waals surface area contributed by atoms with Gasteiger partial charge in [0.1, 0.15) is 6.10 Å². The van der Waals surface area contributed by atoms with Crippen molar-refractivity contribution in [2.24, 2.45) is 5.73 Å². The highest BCUT2D eigenvalue weighted by atomic mass is 16.5. The van der Waals surface area contributed by atoms with Gasteiger partial charge in [-0.25, -0.2) is 0 Å². The highest BCUT2D eigenvalue weighted by molar-refractivity contribution is 4.96. The van der Waals surface area contributed by atoms with Crippen LogP contribution in [0.2, 0.25) is 0 Å². The minimum atomic E-state index is -0.333. The molecule has 6 nitrogen and oxygen atoms in total. The van der Waals surface area contributed by atoms with Crippen LogP contribution in [-0.4, -0.2) is 30.0 Å². The van der Waals surface area contributed by atoms with Gasteiger partial charge in [-0.15, -0.1) is 0 Å². The fraction of sp³-hybridized carbons (Fsp3) is 0.818.